The highest BCUT2D eigenvalue weighted by Crippen LogP contribution is 2.30. The number of carbonyl (C=O) groups excluding carboxylic acids is 1. The number of fused-ring (bicyclic) bond motifs is 1. The number of nitrogens with zero attached hydrogens (tertiary/aromatic N) is 2. The molecule has 2 rings (SSSR count). The molecule has 0 fully saturated rings. The quantitative estimate of drug-likeness (QED) is 0.817. The average Bonchev–Trinajstić information content (AvgIpc) is 2.66. The van der Waals surface area contributed by atoms with E-state index in [1.165, 1.54) is 7.11 Å². The highest BCUT2D eigenvalue weighted by molar-refractivity contribution is 9.10. The predicted octanol–water partition coefficient (Wildman–Crippen LogP) is 2.16. The highest BCUT2D eigenvalue weighted by Gasteiger charge is 2.19. The average molecular weight is 291 g/mol. The van der Waals surface area contributed by atoms with Gasteiger partial charge in [0, 0.05) is 4.47 Å². The van der Waals surface area contributed by atoms with E-state index in [0.717, 1.165) is 0 Å². The van der Waals surface area contributed by atoms with Crippen LogP contribution in [0, 0.1) is 0 Å². The Balaban J connectivity index is 2.82. The van der Waals surface area contributed by atoms with Gasteiger partial charge in [-0.25, -0.2) is 4.79 Å². The Hall–Kier alpha value is -1.14. The molecule has 0 saturated heterocycles. The third-order valence-electron chi connectivity index (χ3n) is 1.91. The fourth-order valence-corrected chi connectivity index (χ4v) is 2.16. The number of benzene rings is 1. The Bertz CT molecular complexity index is 540. The van der Waals surface area contributed by atoms with Crippen LogP contribution in [-0.2, 0) is 4.74 Å². The van der Waals surface area contributed by atoms with E-state index < -0.39 is 5.97 Å². The highest BCUT2D eigenvalue weighted by atomic mass is 79.9. The van der Waals surface area contributed by atoms with E-state index in [-0.39, 0.29) is 10.6 Å². The number of halogens is 2. The molecule has 1 N–H and O–H groups in total. The first-order valence-corrected chi connectivity index (χ1v) is 5.09. The molecular formula is C8H5BrClN3O2. The van der Waals surface area contributed by atoms with Gasteiger partial charge < -0.3 is 4.74 Å². The van der Waals surface area contributed by atoms with Crippen molar-refractivity contribution in [3.63, 3.8) is 0 Å². The minimum Gasteiger partial charge on any atom is -0.465 e. The van der Waals surface area contributed by atoms with E-state index in [1.807, 2.05) is 0 Å². The molecule has 2 aromatic rings. The smallest absolute Gasteiger partial charge is 0.341 e. The summed E-state index contributed by atoms with van der Waals surface area (Å²) in [4.78, 5) is 11.5. The normalized spacial score (nSPS) is 10.6. The number of H-pyrrole nitrogens is 1. The Morgan fingerprint density at radius 3 is 3.07 bits per heavy atom. The third kappa shape index (κ3) is 1.59. The second-order valence-electron chi connectivity index (χ2n) is 2.74. The lowest BCUT2D eigenvalue weighted by Crippen LogP contribution is -2.03. The lowest BCUT2D eigenvalue weighted by atomic mass is 10.2. The molecule has 78 valence electrons. The number of aromatic nitrogens is 3. The zero-order chi connectivity index (χ0) is 11.0. The van der Waals surface area contributed by atoms with E-state index in [0.29, 0.717) is 15.5 Å². The van der Waals surface area contributed by atoms with E-state index >= 15 is 0 Å². The van der Waals surface area contributed by atoms with Crippen LogP contribution >= 0.6 is 27.5 Å². The molecule has 0 atom stereocenters. The van der Waals surface area contributed by atoms with Gasteiger partial charge in [-0.3, -0.25) is 5.10 Å². The summed E-state index contributed by atoms with van der Waals surface area (Å²) in [7, 11) is 1.29. The molecule has 0 spiro atoms. The molecule has 1 heterocycles. The van der Waals surface area contributed by atoms with Crippen molar-refractivity contribution >= 4 is 44.5 Å². The summed E-state index contributed by atoms with van der Waals surface area (Å²) in [5, 5.41) is 10.3. The maximum absolute atomic E-state index is 11.5. The second-order valence-corrected chi connectivity index (χ2v) is 4.00. The SMILES string of the molecule is COC(=O)c1c(Cl)cc(Br)c2nn[nH]c12. The van der Waals surface area contributed by atoms with Gasteiger partial charge in [-0.1, -0.05) is 16.8 Å². The molecule has 0 unspecified atom stereocenters. The number of carbonyl (C=O) groups is 1. The van der Waals surface area contributed by atoms with Gasteiger partial charge in [-0.2, -0.15) is 0 Å². The number of esters is 1. The van der Waals surface area contributed by atoms with Gasteiger partial charge in [0.2, 0.25) is 0 Å². The number of methoxy groups -OCH3 is 1. The first-order valence-electron chi connectivity index (χ1n) is 3.92. The summed E-state index contributed by atoms with van der Waals surface area (Å²) < 4.78 is 5.29. The van der Waals surface area contributed by atoms with Crippen LogP contribution in [0.4, 0.5) is 0 Å². The zero-order valence-corrected chi connectivity index (χ0v) is 9.89. The van der Waals surface area contributed by atoms with Gasteiger partial charge in [0.15, 0.2) is 0 Å². The fraction of sp³-hybridized carbons (Fsp3) is 0.125. The molecule has 0 bridgehead atoms. The molecule has 15 heavy (non-hydrogen) atoms. The molecule has 0 saturated carbocycles. The van der Waals surface area contributed by atoms with E-state index in [2.05, 4.69) is 36.1 Å². The number of hydrogen-bond donors (Lipinski definition) is 1. The van der Waals surface area contributed by atoms with Crippen LogP contribution < -0.4 is 0 Å². The summed E-state index contributed by atoms with van der Waals surface area (Å²) in [6.45, 7) is 0. The summed E-state index contributed by atoms with van der Waals surface area (Å²) in [5.74, 6) is -0.524. The Labute approximate surface area is 97.9 Å². The number of ether oxygens (including phenoxy) is 1. The van der Waals surface area contributed by atoms with Gasteiger partial charge in [-0.05, 0) is 22.0 Å². The van der Waals surface area contributed by atoms with Crippen LogP contribution in [0.2, 0.25) is 5.02 Å². The first-order chi connectivity index (χ1) is 7.15. The monoisotopic (exact) mass is 289 g/mol. The van der Waals surface area contributed by atoms with E-state index in [4.69, 9.17) is 11.6 Å². The number of nitrogens with one attached hydrogen (secondary N) is 1. The van der Waals surface area contributed by atoms with Crippen LogP contribution in [0.1, 0.15) is 10.4 Å². The van der Waals surface area contributed by atoms with Crippen molar-refractivity contribution in [3.8, 4) is 0 Å². The largest absolute Gasteiger partial charge is 0.465 e. The lowest BCUT2D eigenvalue weighted by molar-refractivity contribution is 0.0603. The fourth-order valence-electron chi connectivity index (χ4n) is 1.24. The second kappa shape index (κ2) is 3.79. The number of rotatable bonds is 1. The van der Waals surface area contributed by atoms with Gasteiger partial charge >= 0.3 is 5.97 Å². The van der Waals surface area contributed by atoms with Gasteiger partial charge in [0.1, 0.15) is 16.6 Å². The van der Waals surface area contributed by atoms with Crippen molar-refractivity contribution < 1.29 is 9.53 Å². The van der Waals surface area contributed by atoms with Crippen molar-refractivity contribution in [2.45, 2.75) is 0 Å². The topological polar surface area (TPSA) is 67.9 Å². The predicted molar refractivity (Wildman–Crippen MR) is 57.9 cm³/mol. The minimum absolute atomic E-state index is 0.238. The number of aromatic amines is 1. The summed E-state index contributed by atoms with van der Waals surface area (Å²) in [6, 6.07) is 1.58. The molecule has 0 radical (unpaired) electrons. The van der Waals surface area contributed by atoms with Gasteiger partial charge in [-0.15, -0.1) is 5.10 Å². The first kappa shape index (κ1) is 10.4. The molecule has 0 amide bonds. The Morgan fingerprint density at radius 2 is 2.40 bits per heavy atom. The van der Waals surface area contributed by atoms with Crippen molar-refractivity contribution in [2.24, 2.45) is 0 Å². The lowest BCUT2D eigenvalue weighted by Gasteiger charge is -2.03. The van der Waals surface area contributed by atoms with E-state index in [9.17, 15) is 4.79 Å². The molecule has 1 aromatic carbocycles. The number of hydrogen-bond acceptors (Lipinski definition) is 4. The molecule has 0 aliphatic rings. The third-order valence-corrected chi connectivity index (χ3v) is 2.81. The Morgan fingerprint density at radius 1 is 1.67 bits per heavy atom. The van der Waals surface area contributed by atoms with Crippen LogP contribution in [0.5, 0.6) is 0 Å². The molecule has 1 aromatic heterocycles. The molecule has 0 aliphatic heterocycles. The van der Waals surface area contributed by atoms with Crippen LogP contribution in [0.3, 0.4) is 0 Å². The van der Waals surface area contributed by atoms with Crippen LogP contribution in [-0.4, -0.2) is 28.5 Å². The minimum atomic E-state index is -0.524. The van der Waals surface area contributed by atoms with Crippen LogP contribution in [0.15, 0.2) is 10.5 Å². The van der Waals surface area contributed by atoms with Crippen molar-refractivity contribution in [1.29, 1.82) is 0 Å². The molecule has 7 heteroatoms. The van der Waals surface area contributed by atoms with Crippen molar-refractivity contribution in [2.75, 3.05) is 7.11 Å². The maximum Gasteiger partial charge on any atom is 0.341 e. The summed E-state index contributed by atoms with van der Waals surface area (Å²) >= 11 is 9.21. The summed E-state index contributed by atoms with van der Waals surface area (Å²) in [6.07, 6.45) is 0. The van der Waals surface area contributed by atoms with Gasteiger partial charge in [0.05, 0.1) is 12.1 Å². The molecular weight excluding hydrogens is 285 g/mol. The van der Waals surface area contributed by atoms with E-state index in [1.54, 1.807) is 6.07 Å². The standard InChI is InChI=1S/C8H5BrClN3O2/c1-15-8(14)5-4(10)2-3(9)6-7(5)12-13-11-6/h2H,1H3,(H,11,12,13). The van der Waals surface area contributed by atoms with Gasteiger partial charge in [0.25, 0.3) is 0 Å². The van der Waals surface area contributed by atoms with Crippen molar-refractivity contribution in [3.05, 3.63) is 21.1 Å². The Kier molecular flexibility index (Phi) is 2.62. The molecule has 0 aliphatic carbocycles. The van der Waals surface area contributed by atoms with Crippen molar-refractivity contribution in [1.82, 2.24) is 15.4 Å². The zero-order valence-electron chi connectivity index (χ0n) is 7.54. The molecule has 5 nitrogen and oxygen atoms in total. The maximum atomic E-state index is 11.5. The van der Waals surface area contributed by atoms with Crippen LogP contribution in [0.25, 0.3) is 11.0 Å². The summed E-state index contributed by atoms with van der Waals surface area (Å²) in [5.41, 5.74) is 1.24.